The summed E-state index contributed by atoms with van der Waals surface area (Å²) in [6.07, 6.45) is 9.31. The second-order valence-corrected chi connectivity index (χ2v) is 9.18. The molecule has 2 saturated carbocycles. The highest BCUT2D eigenvalue weighted by Crippen LogP contribution is 2.45. The fraction of sp³-hybridized carbons (Fsp3) is 0.550. The number of amides is 1. The Bertz CT molecular complexity index is 663. The molecular formula is C20H25NOS2. The SMILES string of the molecule is O=C(NCC1(c2ccsc2)CCCC1)C1(c2cccs2)CCCC1. The number of carbonyl (C=O) groups excluding carboxylic acids is 1. The van der Waals surface area contributed by atoms with Crippen LogP contribution in [-0.2, 0) is 15.6 Å². The van der Waals surface area contributed by atoms with Crippen molar-refractivity contribution in [2.24, 2.45) is 0 Å². The lowest BCUT2D eigenvalue weighted by Crippen LogP contribution is -2.47. The van der Waals surface area contributed by atoms with Crippen molar-refractivity contribution in [1.82, 2.24) is 5.32 Å². The second kappa shape index (κ2) is 6.64. The van der Waals surface area contributed by atoms with Gasteiger partial charge in [-0.2, -0.15) is 11.3 Å². The summed E-state index contributed by atoms with van der Waals surface area (Å²) in [7, 11) is 0. The number of hydrogen-bond acceptors (Lipinski definition) is 3. The lowest BCUT2D eigenvalue weighted by molar-refractivity contribution is -0.126. The first-order valence-corrected chi connectivity index (χ1v) is 10.9. The van der Waals surface area contributed by atoms with Crippen LogP contribution in [0.15, 0.2) is 34.3 Å². The Hall–Kier alpha value is -1.13. The van der Waals surface area contributed by atoms with E-state index in [1.54, 1.807) is 22.7 Å². The molecule has 2 heterocycles. The Balaban J connectivity index is 1.53. The monoisotopic (exact) mass is 359 g/mol. The van der Waals surface area contributed by atoms with Gasteiger partial charge in [0.2, 0.25) is 5.91 Å². The fourth-order valence-electron chi connectivity index (χ4n) is 4.72. The van der Waals surface area contributed by atoms with E-state index >= 15 is 0 Å². The summed E-state index contributed by atoms with van der Waals surface area (Å²) in [4.78, 5) is 14.5. The summed E-state index contributed by atoms with van der Waals surface area (Å²) in [5.41, 5.74) is 1.34. The summed E-state index contributed by atoms with van der Waals surface area (Å²) in [6.45, 7) is 0.801. The molecule has 128 valence electrons. The van der Waals surface area contributed by atoms with Crippen LogP contribution < -0.4 is 5.32 Å². The minimum atomic E-state index is -0.261. The molecule has 2 nitrogen and oxygen atoms in total. The van der Waals surface area contributed by atoms with Gasteiger partial charge in [-0.3, -0.25) is 4.79 Å². The summed E-state index contributed by atoms with van der Waals surface area (Å²) in [5, 5.41) is 9.95. The second-order valence-electron chi connectivity index (χ2n) is 7.45. The third kappa shape index (κ3) is 2.74. The van der Waals surface area contributed by atoms with Gasteiger partial charge in [-0.1, -0.05) is 31.7 Å². The average Bonchev–Trinajstić information content (AvgIpc) is 3.41. The molecule has 0 atom stereocenters. The van der Waals surface area contributed by atoms with Crippen molar-refractivity contribution in [3.05, 3.63) is 44.8 Å². The number of nitrogens with one attached hydrogen (secondary N) is 1. The lowest BCUT2D eigenvalue weighted by Gasteiger charge is -2.32. The predicted octanol–water partition coefficient (Wildman–Crippen LogP) is 5.25. The molecule has 1 N–H and O–H groups in total. The van der Waals surface area contributed by atoms with Gasteiger partial charge >= 0.3 is 0 Å². The highest BCUT2D eigenvalue weighted by atomic mass is 32.1. The first kappa shape index (κ1) is 16.3. The molecule has 1 amide bonds. The van der Waals surface area contributed by atoms with Crippen LogP contribution in [-0.4, -0.2) is 12.5 Å². The van der Waals surface area contributed by atoms with E-state index in [2.05, 4.69) is 39.7 Å². The molecule has 2 fully saturated rings. The van der Waals surface area contributed by atoms with Crippen LogP contribution >= 0.6 is 22.7 Å². The first-order valence-electron chi connectivity index (χ1n) is 9.10. The van der Waals surface area contributed by atoms with Gasteiger partial charge in [-0.25, -0.2) is 0 Å². The van der Waals surface area contributed by atoms with Gasteiger partial charge in [0, 0.05) is 16.8 Å². The number of thiophene rings is 2. The zero-order valence-electron chi connectivity index (χ0n) is 14.1. The van der Waals surface area contributed by atoms with Gasteiger partial charge in [0.15, 0.2) is 0 Å². The molecule has 0 unspecified atom stereocenters. The average molecular weight is 360 g/mol. The van der Waals surface area contributed by atoms with E-state index in [9.17, 15) is 4.79 Å². The molecule has 0 radical (unpaired) electrons. The summed E-state index contributed by atoms with van der Waals surface area (Å²) in [5.74, 6) is 0.268. The highest BCUT2D eigenvalue weighted by Gasteiger charge is 2.45. The molecule has 24 heavy (non-hydrogen) atoms. The van der Waals surface area contributed by atoms with Crippen LogP contribution in [0.4, 0.5) is 0 Å². The molecule has 0 spiro atoms. The molecule has 0 bridgehead atoms. The Labute approximate surface area is 152 Å². The molecule has 0 aromatic carbocycles. The van der Waals surface area contributed by atoms with Crippen molar-refractivity contribution in [2.45, 2.75) is 62.2 Å². The number of rotatable bonds is 5. The normalized spacial score (nSPS) is 21.8. The van der Waals surface area contributed by atoms with Gasteiger partial charge in [0.25, 0.3) is 0 Å². The molecule has 0 saturated heterocycles. The maximum absolute atomic E-state index is 13.2. The molecule has 0 aliphatic heterocycles. The lowest BCUT2D eigenvalue weighted by atomic mass is 9.79. The van der Waals surface area contributed by atoms with Crippen LogP contribution in [0.1, 0.15) is 61.8 Å². The van der Waals surface area contributed by atoms with Crippen molar-refractivity contribution in [1.29, 1.82) is 0 Å². The molecule has 2 aromatic rings. The van der Waals surface area contributed by atoms with E-state index in [0.717, 1.165) is 19.4 Å². The van der Waals surface area contributed by atoms with E-state index in [4.69, 9.17) is 0 Å². The largest absolute Gasteiger partial charge is 0.354 e. The van der Waals surface area contributed by atoms with Crippen molar-refractivity contribution in [3.8, 4) is 0 Å². The van der Waals surface area contributed by atoms with Crippen LogP contribution in [0.25, 0.3) is 0 Å². The zero-order chi connectivity index (χ0) is 16.5. The van der Waals surface area contributed by atoms with Gasteiger partial charge in [-0.15, -0.1) is 11.3 Å². The van der Waals surface area contributed by atoms with Gasteiger partial charge in [0.1, 0.15) is 0 Å². The molecule has 4 heteroatoms. The first-order chi connectivity index (χ1) is 11.8. The third-order valence-electron chi connectivity index (χ3n) is 6.17. The minimum Gasteiger partial charge on any atom is -0.354 e. The Morgan fingerprint density at radius 1 is 1.04 bits per heavy atom. The van der Waals surface area contributed by atoms with E-state index in [-0.39, 0.29) is 16.7 Å². The predicted molar refractivity (Wildman–Crippen MR) is 102 cm³/mol. The smallest absolute Gasteiger partial charge is 0.231 e. The highest BCUT2D eigenvalue weighted by molar-refractivity contribution is 7.10. The van der Waals surface area contributed by atoms with E-state index in [1.807, 2.05) is 0 Å². The maximum Gasteiger partial charge on any atom is 0.231 e. The van der Waals surface area contributed by atoms with E-state index in [1.165, 1.54) is 49.0 Å². The van der Waals surface area contributed by atoms with Gasteiger partial charge in [-0.05, 0) is 59.5 Å². The van der Waals surface area contributed by atoms with E-state index < -0.39 is 0 Å². The molecule has 2 aromatic heterocycles. The molecule has 2 aliphatic carbocycles. The molecule has 4 rings (SSSR count). The molecule has 2 aliphatic rings. The summed E-state index contributed by atoms with van der Waals surface area (Å²) >= 11 is 3.51. The van der Waals surface area contributed by atoms with Crippen LogP contribution in [0.3, 0.4) is 0 Å². The summed E-state index contributed by atoms with van der Waals surface area (Å²) < 4.78 is 0. The third-order valence-corrected chi connectivity index (χ3v) is 7.92. The Kier molecular flexibility index (Phi) is 4.52. The topological polar surface area (TPSA) is 29.1 Å². The fourth-order valence-corrected chi connectivity index (χ4v) is 6.48. The van der Waals surface area contributed by atoms with Crippen LogP contribution in [0.2, 0.25) is 0 Å². The van der Waals surface area contributed by atoms with Crippen LogP contribution in [0, 0.1) is 0 Å². The Morgan fingerprint density at radius 3 is 2.42 bits per heavy atom. The van der Waals surface area contributed by atoms with Crippen molar-refractivity contribution in [3.63, 3.8) is 0 Å². The number of hydrogen-bond donors (Lipinski definition) is 1. The maximum atomic E-state index is 13.2. The van der Waals surface area contributed by atoms with Crippen molar-refractivity contribution < 1.29 is 4.79 Å². The zero-order valence-corrected chi connectivity index (χ0v) is 15.7. The van der Waals surface area contributed by atoms with Crippen molar-refractivity contribution >= 4 is 28.6 Å². The quantitative estimate of drug-likeness (QED) is 0.776. The van der Waals surface area contributed by atoms with Crippen molar-refractivity contribution in [2.75, 3.05) is 6.54 Å². The van der Waals surface area contributed by atoms with Gasteiger partial charge < -0.3 is 5.32 Å². The minimum absolute atomic E-state index is 0.172. The number of carbonyl (C=O) groups is 1. The summed E-state index contributed by atoms with van der Waals surface area (Å²) in [6, 6.07) is 6.49. The Morgan fingerprint density at radius 2 is 1.79 bits per heavy atom. The van der Waals surface area contributed by atoms with Crippen LogP contribution in [0.5, 0.6) is 0 Å². The van der Waals surface area contributed by atoms with Gasteiger partial charge in [0.05, 0.1) is 5.41 Å². The standard InChI is InChI=1S/C20H25NOS2/c22-18(20(10-3-4-11-20)17-6-5-12-24-17)21-15-19(8-1-2-9-19)16-7-13-23-14-16/h5-7,12-14H,1-4,8-11,15H2,(H,21,22). The molecular weight excluding hydrogens is 334 g/mol. The van der Waals surface area contributed by atoms with E-state index in [0.29, 0.717) is 0 Å².